The van der Waals surface area contributed by atoms with Crippen LogP contribution in [0.3, 0.4) is 0 Å². The summed E-state index contributed by atoms with van der Waals surface area (Å²) in [6.45, 7) is 9.99. The molecule has 1 nitrogen and oxygen atoms in total. The third kappa shape index (κ3) is 6.41. The van der Waals surface area contributed by atoms with Crippen LogP contribution in [0.2, 0.25) is 0 Å². The van der Waals surface area contributed by atoms with Crippen LogP contribution in [-0.2, 0) is 0 Å². The van der Waals surface area contributed by atoms with Crippen molar-refractivity contribution in [2.75, 3.05) is 6.54 Å². The molecule has 0 radical (unpaired) electrons. The first-order valence-electron chi connectivity index (χ1n) is 5.12. The largest absolute Gasteiger partial charge is 0.311 e. The zero-order chi connectivity index (χ0) is 9.40. The van der Waals surface area contributed by atoms with Gasteiger partial charge in [0.05, 0.1) is 0 Å². The first-order valence-corrected chi connectivity index (χ1v) is 5.12. The molecule has 0 bridgehead atoms. The standard InChI is InChI=1S/C11H23N/c1-5-9-12-11(4)8-7-10(3)6-2/h7-8,10-12H,5-6,9H2,1-4H3/b8-7+. The fraction of sp³-hybridized carbons (Fsp3) is 0.818. The summed E-state index contributed by atoms with van der Waals surface area (Å²) in [6.07, 6.45) is 7.01. The van der Waals surface area contributed by atoms with E-state index in [2.05, 4.69) is 45.2 Å². The normalized spacial score (nSPS) is 16.7. The van der Waals surface area contributed by atoms with Crippen LogP contribution in [0.15, 0.2) is 12.2 Å². The molecule has 0 aliphatic heterocycles. The van der Waals surface area contributed by atoms with Gasteiger partial charge in [-0.15, -0.1) is 0 Å². The monoisotopic (exact) mass is 169 g/mol. The van der Waals surface area contributed by atoms with Gasteiger partial charge in [-0.25, -0.2) is 0 Å². The molecule has 72 valence electrons. The molecule has 1 heteroatoms. The Morgan fingerprint density at radius 2 is 1.83 bits per heavy atom. The summed E-state index contributed by atoms with van der Waals surface area (Å²) < 4.78 is 0. The van der Waals surface area contributed by atoms with Crippen LogP contribution in [0.5, 0.6) is 0 Å². The predicted molar refractivity (Wildman–Crippen MR) is 56.4 cm³/mol. The number of rotatable bonds is 6. The minimum absolute atomic E-state index is 0.527. The Morgan fingerprint density at radius 3 is 2.33 bits per heavy atom. The molecule has 0 aromatic carbocycles. The molecule has 1 N–H and O–H groups in total. The fourth-order valence-corrected chi connectivity index (χ4v) is 0.932. The van der Waals surface area contributed by atoms with E-state index in [-0.39, 0.29) is 0 Å². The number of allylic oxidation sites excluding steroid dienone is 1. The van der Waals surface area contributed by atoms with Crippen molar-refractivity contribution in [3.8, 4) is 0 Å². The van der Waals surface area contributed by atoms with E-state index in [1.54, 1.807) is 0 Å². The molecule has 0 rings (SSSR count). The molecule has 0 saturated heterocycles. The van der Waals surface area contributed by atoms with Gasteiger partial charge in [-0.2, -0.15) is 0 Å². The van der Waals surface area contributed by atoms with Gasteiger partial charge in [-0.3, -0.25) is 0 Å². The maximum atomic E-state index is 3.42. The predicted octanol–water partition coefficient (Wildman–Crippen LogP) is 2.98. The van der Waals surface area contributed by atoms with Crippen molar-refractivity contribution in [1.82, 2.24) is 5.32 Å². The number of hydrogen-bond acceptors (Lipinski definition) is 1. The third-order valence-electron chi connectivity index (χ3n) is 2.09. The lowest BCUT2D eigenvalue weighted by molar-refractivity contribution is 0.614. The van der Waals surface area contributed by atoms with E-state index in [9.17, 15) is 0 Å². The van der Waals surface area contributed by atoms with Crippen LogP contribution in [0.25, 0.3) is 0 Å². The van der Waals surface area contributed by atoms with Gasteiger partial charge in [0.25, 0.3) is 0 Å². The Morgan fingerprint density at radius 1 is 1.17 bits per heavy atom. The average molecular weight is 169 g/mol. The molecule has 0 aliphatic carbocycles. The fourth-order valence-electron chi connectivity index (χ4n) is 0.932. The zero-order valence-electron chi connectivity index (χ0n) is 8.93. The second kappa shape index (κ2) is 7.35. The number of nitrogens with one attached hydrogen (secondary N) is 1. The minimum Gasteiger partial charge on any atom is -0.311 e. The lowest BCUT2D eigenvalue weighted by Gasteiger charge is -2.08. The third-order valence-corrected chi connectivity index (χ3v) is 2.09. The number of hydrogen-bond donors (Lipinski definition) is 1. The SMILES string of the molecule is CCCNC(C)/C=C/C(C)CC. The topological polar surface area (TPSA) is 12.0 Å². The molecule has 0 amide bonds. The Bertz CT molecular complexity index is 118. The molecule has 12 heavy (non-hydrogen) atoms. The van der Waals surface area contributed by atoms with Gasteiger partial charge in [-0.1, -0.05) is 39.3 Å². The van der Waals surface area contributed by atoms with Crippen molar-refractivity contribution in [1.29, 1.82) is 0 Å². The second-order valence-electron chi connectivity index (χ2n) is 3.51. The highest BCUT2D eigenvalue weighted by molar-refractivity contribution is 4.93. The zero-order valence-corrected chi connectivity index (χ0v) is 8.93. The van der Waals surface area contributed by atoms with Crippen molar-refractivity contribution in [2.45, 2.75) is 46.6 Å². The van der Waals surface area contributed by atoms with Crippen molar-refractivity contribution >= 4 is 0 Å². The van der Waals surface area contributed by atoms with Crippen LogP contribution in [-0.4, -0.2) is 12.6 Å². The summed E-state index contributed by atoms with van der Waals surface area (Å²) in [5.74, 6) is 0.718. The van der Waals surface area contributed by atoms with E-state index in [1.807, 2.05) is 0 Å². The van der Waals surface area contributed by atoms with Crippen molar-refractivity contribution in [3.05, 3.63) is 12.2 Å². The van der Waals surface area contributed by atoms with E-state index in [4.69, 9.17) is 0 Å². The lowest BCUT2D eigenvalue weighted by atomic mass is 10.1. The Hall–Kier alpha value is -0.300. The van der Waals surface area contributed by atoms with Gasteiger partial charge in [-0.05, 0) is 25.8 Å². The van der Waals surface area contributed by atoms with Gasteiger partial charge < -0.3 is 5.32 Å². The van der Waals surface area contributed by atoms with Gasteiger partial charge >= 0.3 is 0 Å². The van der Waals surface area contributed by atoms with Crippen LogP contribution >= 0.6 is 0 Å². The summed E-state index contributed by atoms with van der Waals surface area (Å²) in [7, 11) is 0. The lowest BCUT2D eigenvalue weighted by Crippen LogP contribution is -2.24. The van der Waals surface area contributed by atoms with Crippen LogP contribution in [0, 0.1) is 5.92 Å². The van der Waals surface area contributed by atoms with Crippen LogP contribution in [0.4, 0.5) is 0 Å². The summed E-state index contributed by atoms with van der Waals surface area (Å²) in [4.78, 5) is 0. The molecule has 0 aromatic heterocycles. The minimum atomic E-state index is 0.527. The highest BCUT2D eigenvalue weighted by Crippen LogP contribution is 2.02. The Balaban J connectivity index is 3.52. The van der Waals surface area contributed by atoms with Gasteiger partial charge in [0, 0.05) is 6.04 Å². The molecule has 0 saturated carbocycles. The van der Waals surface area contributed by atoms with E-state index in [0.29, 0.717) is 6.04 Å². The molecule has 0 spiro atoms. The van der Waals surface area contributed by atoms with Crippen molar-refractivity contribution in [3.63, 3.8) is 0 Å². The maximum absolute atomic E-state index is 3.42. The Labute approximate surface area is 77.2 Å². The molecule has 2 atom stereocenters. The van der Waals surface area contributed by atoms with Gasteiger partial charge in [0.2, 0.25) is 0 Å². The summed E-state index contributed by atoms with van der Waals surface area (Å²) in [5, 5.41) is 3.42. The highest BCUT2D eigenvalue weighted by atomic mass is 14.9. The Kier molecular flexibility index (Phi) is 7.17. The van der Waals surface area contributed by atoms with Crippen molar-refractivity contribution in [2.24, 2.45) is 5.92 Å². The van der Waals surface area contributed by atoms with Crippen molar-refractivity contribution < 1.29 is 0 Å². The summed E-state index contributed by atoms with van der Waals surface area (Å²) >= 11 is 0. The molecule has 0 aliphatic rings. The van der Waals surface area contributed by atoms with Gasteiger partial charge in [0.15, 0.2) is 0 Å². The smallest absolute Gasteiger partial charge is 0.0221 e. The van der Waals surface area contributed by atoms with E-state index in [1.165, 1.54) is 12.8 Å². The molecule has 0 heterocycles. The molecular weight excluding hydrogens is 146 g/mol. The van der Waals surface area contributed by atoms with Crippen LogP contribution < -0.4 is 5.32 Å². The second-order valence-corrected chi connectivity index (χ2v) is 3.51. The molecule has 0 aromatic rings. The van der Waals surface area contributed by atoms with Crippen LogP contribution in [0.1, 0.15) is 40.5 Å². The molecule has 2 unspecified atom stereocenters. The first kappa shape index (κ1) is 11.7. The van der Waals surface area contributed by atoms with E-state index in [0.717, 1.165) is 12.5 Å². The average Bonchev–Trinajstić information content (AvgIpc) is 2.10. The highest BCUT2D eigenvalue weighted by Gasteiger charge is 1.95. The maximum Gasteiger partial charge on any atom is 0.0221 e. The first-order chi connectivity index (χ1) is 5.70. The summed E-state index contributed by atoms with van der Waals surface area (Å²) in [5.41, 5.74) is 0. The van der Waals surface area contributed by atoms with Gasteiger partial charge in [0.1, 0.15) is 0 Å². The quantitative estimate of drug-likeness (QED) is 0.603. The molecule has 0 fully saturated rings. The van der Waals surface area contributed by atoms with E-state index < -0.39 is 0 Å². The summed E-state index contributed by atoms with van der Waals surface area (Å²) in [6, 6.07) is 0.527. The van der Waals surface area contributed by atoms with E-state index >= 15 is 0 Å². The molecular formula is C11H23N.